The quantitative estimate of drug-likeness (QED) is 0.507. The number of aromatic nitrogens is 2. The van der Waals surface area contributed by atoms with Gasteiger partial charge >= 0.3 is 5.69 Å². The van der Waals surface area contributed by atoms with Crippen LogP contribution in [0.2, 0.25) is 0 Å². The number of hydrogen-bond acceptors (Lipinski definition) is 5. The Balaban J connectivity index is 2.60. The van der Waals surface area contributed by atoms with E-state index in [4.69, 9.17) is 5.11 Å². The summed E-state index contributed by atoms with van der Waals surface area (Å²) in [6, 6.07) is -1.70. The van der Waals surface area contributed by atoms with E-state index in [0.717, 1.165) is 0 Å². The van der Waals surface area contributed by atoms with Crippen molar-refractivity contribution in [3.63, 3.8) is 0 Å². The molecule has 1 heterocycles. The molecule has 0 amide bonds. The van der Waals surface area contributed by atoms with Crippen LogP contribution in [-0.4, -0.2) is 43.7 Å². The molecule has 0 fully saturated rings. The largest absolute Gasteiger partial charge is 0.392 e. The minimum absolute atomic E-state index is 0.419. The second-order valence-corrected chi connectivity index (χ2v) is 4.06. The van der Waals surface area contributed by atoms with Crippen molar-refractivity contribution >= 4 is 0 Å². The molecule has 3 atom stereocenters. The molecular weight excluding hydrogens is 266 g/mol. The number of aliphatic hydroxyl groups excluding tert-OH is 3. The first kappa shape index (κ1) is 13.6. The Morgan fingerprint density at radius 1 is 1.32 bits per heavy atom. The third kappa shape index (κ3) is 2.01. The van der Waals surface area contributed by atoms with Crippen LogP contribution in [0.25, 0.3) is 0 Å². The number of aromatic amines is 1. The highest BCUT2D eigenvalue weighted by Crippen LogP contribution is 2.36. The van der Waals surface area contributed by atoms with E-state index in [2.05, 4.69) is 0 Å². The lowest BCUT2D eigenvalue weighted by Gasteiger charge is -2.19. The average Bonchev–Trinajstić information content (AvgIpc) is 2.56. The van der Waals surface area contributed by atoms with Crippen molar-refractivity contribution in [3.05, 3.63) is 44.3 Å². The van der Waals surface area contributed by atoms with Crippen LogP contribution in [-0.2, 0) is 0 Å². The van der Waals surface area contributed by atoms with Gasteiger partial charge in [-0.15, -0.1) is 0 Å². The Labute approximate surface area is 104 Å². The second-order valence-electron chi connectivity index (χ2n) is 4.06. The lowest BCUT2D eigenvalue weighted by atomic mass is 10.1. The van der Waals surface area contributed by atoms with Crippen molar-refractivity contribution in [1.82, 2.24) is 9.55 Å². The molecule has 19 heavy (non-hydrogen) atoms. The van der Waals surface area contributed by atoms with E-state index in [0.29, 0.717) is 10.8 Å². The van der Waals surface area contributed by atoms with Gasteiger partial charge in [-0.2, -0.15) is 4.39 Å². The van der Waals surface area contributed by atoms with Crippen molar-refractivity contribution in [3.8, 4) is 0 Å². The zero-order chi connectivity index (χ0) is 14.3. The molecule has 0 radical (unpaired) electrons. The maximum Gasteiger partial charge on any atom is 0.329 e. The van der Waals surface area contributed by atoms with E-state index in [1.165, 1.54) is 0 Å². The predicted molar refractivity (Wildman–Crippen MR) is 57.6 cm³/mol. The van der Waals surface area contributed by atoms with Crippen molar-refractivity contribution in [2.24, 2.45) is 0 Å². The van der Waals surface area contributed by atoms with Crippen LogP contribution in [0.1, 0.15) is 6.04 Å². The van der Waals surface area contributed by atoms with E-state index < -0.39 is 53.3 Å². The number of H-pyrrole nitrogens is 1. The number of rotatable bonds is 2. The molecule has 2 rings (SSSR count). The van der Waals surface area contributed by atoms with Crippen LogP contribution in [0.4, 0.5) is 8.78 Å². The van der Waals surface area contributed by atoms with Crippen molar-refractivity contribution in [1.29, 1.82) is 0 Å². The Bertz CT molecular complexity index is 650. The molecule has 0 saturated carbocycles. The molecular formula is C10H10F2N2O5. The summed E-state index contributed by atoms with van der Waals surface area (Å²) in [5.74, 6) is -2.48. The molecule has 1 aromatic heterocycles. The number of halogens is 2. The standard InChI is InChI=1S/C10H10F2N2O5/c11-4-1-14(10(19)13-9(4)18)6-5(12)3(2-15)7(16)8(6)17/h1,6-8,15-17H,2H2,(H,13,18,19). The molecule has 4 N–H and O–H groups in total. The van der Waals surface area contributed by atoms with Gasteiger partial charge in [-0.25, -0.2) is 9.18 Å². The van der Waals surface area contributed by atoms with Crippen molar-refractivity contribution in [2.45, 2.75) is 18.2 Å². The minimum atomic E-state index is -1.77. The molecule has 3 unspecified atom stereocenters. The van der Waals surface area contributed by atoms with Gasteiger partial charge in [0.1, 0.15) is 24.1 Å². The smallest absolute Gasteiger partial charge is 0.329 e. The summed E-state index contributed by atoms with van der Waals surface area (Å²) in [7, 11) is 0. The summed E-state index contributed by atoms with van der Waals surface area (Å²) in [5.41, 5.74) is -2.91. The molecule has 0 saturated heterocycles. The molecule has 0 bridgehead atoms. The van der Waals surface area contributed by atoms with Crippen LogP contribution < -0.4 is 11.2 Å². The highest BCUT2D eigenvalue weighted by Gasteiger charge is 2.43. The van der Waals surface area contributed by atoms with Crippen LogP contribution in [0.5, 0.6) is 0 Å². The number of nitrogens with zero attached hydrogens (tertiary/aromatic N) is 1. The van der Waals surface area contributed by atoms with Crippen LogP contribution in [0.3, 0.4) is 0 Å². The molecule has 9 heteroatoms. The van der Waals surface area contributed by atoms with Gasteiger partial charge in [0.25, 0.3) is 5.56 Å². The van der Waals surface area contributed by atoms with Crippen molar-refractivity contribution < 1.29 is 24.1 Å². The zero-order valence-electron chi connectivity index (χ0n) is 9.38. The van der Waals surface area contributed by atoms with Crippen LogP contribution in [0, 0.1) is 5.82 Å². The zero-order valence-corrected chi connectivity index (χ0v) is 9.38. The average molecular weight is 276 g/mol. The highest BCUT2D eigenvalue weighted by atomic mass is 19.1. The summed E-state index contributed by atoms with van der Waals surface area (Å²) in [5, 5.41) is 28.0. The van der Waals surface area contributed by atoms with E-state index in [9.17, 15) is 28.6 Å². The molecule has 0 spiro atoms. The number of aliphatic hydroxyl groups is 3. The lowest BCUT2D eigenvalue weighted by molar-refractivity contribution is 0.0242. The van der Waals surface area contributed by atoms with Gasteiger partial charge in [-0.3, -0.25) is 14.3 Å². The van der Waals surface area contributed by atoms with Gasteiger partial charge in [-0.05, 0) is 0 Å². The van der Waals surface area contributed by atoms with Crippen LogP contribution in [0.15, 0.2) is 27.2 Å². The SMILES string of the molecule is O=c1[nH]c(=O)n(C2C(F)=C(CO)C(O)C2O)cc1F. The molecule has 1 aromatic rings. The third-order valence-corrected chi connectivity index (χ3v) is 2.96. The van der Waals surface area contributed by atoms with Gasteiger partial charge in [-0.1, -0.05) is 0 Å². The first-order valence-electron chi connectivity index (χ1n) is 5.25. The first-order valence-corrected chi connectivity index (χ1v) is 5.25. The molecule has 7 nitrogen and oxygen atoms in total. The first-order chi connectivity index (χ1) is 8.88. The normalized spacial score (nSPS) is 27.1. The predicted octanol–water partition coefficient (Wildman–Crippen LogP) is -1.83. The number of nitrogens with one attached hydrogen (secondary N) is 1. The maximum absolute atomic E-state index is 13.9. The molecule has 0 aromatic carbocycles. The fourth-order valence-corrected chi connectivity index (χ4v) is 1.98. The van der Waals surface area contributed by atoms with Crippen LogP contribution >= 0.6 is 0 Å². The van der Waals surface area contributed by atoms with E-state index in [1.54, 1.807) is 4.98 Å². The molecule has 0 aliphatic heterocycles. The van der Waals surface area contributed by atoms with Gasteiger partial charge in [0, 0.05) is 5.57 Å². The van der Waals surface area contributed by atoms with Crippen molar-refractivity contribution in [2.75, 3.05) is 6.61 Å². The summed E-state index contributed by atoms with van der Waals surface area (Å²) >= 11 is 0. The number of hydrogen-bond donors (Lipinski definition) is 4. The summed E-state index contributed by atoms with van der Waals surface area (Å²) in [4.78, 5) is 23.9. The Morgan fingerprint density at radius 3 is 2.47 bits per heavy atom. The minimum Gasteiger partial charge on any atom is -0.392 e. The molecule has 104 valence electrons. The Hall–Kier alpha value is -1.84. The lowest BCUT2D eigenvalue weighted by Crippen LogP contribution is -2.39. The Kier molecular flexibility index (Phi) is 3.35. The van der Waals surface area contributed by atoms with E-state index in [1.807, 2.05) is 0 Å². The van der Waals surface area contributed by atoms with E-state index in [-0.39, 0.29) is 0 Å². The highest BCUT2D eigenvalue weighted by molar-refractivity contribution is 5.28. The van der Waals surface area contributed by atoms with Gasteiger partial charge < -0.3 is 15.3 Å². The van der Waals surface area contributed by atoms with Gasteiger partial charge in [0.15, 0.2) is 0 Å². The molecule has 1 aliphatic rings. The fourth-order valence-electron chi connectivity index (χ4n) is 1.98. The topological polar surface area (TPSA) is 116 Å². The fraction of sp³-hybridized carbons (Fsp3) is 0.400. The van der Waals surface area contributed by atoms with Gasteiger partial charge in [0.2, 0.25) is 5.82 Å². The summed E-state index contributed by atoms with van der Waals surface area (Å²) in [6.07, 6.45) is -3.05. The Morgan fingerprint density at radius 2 is 1.95 bits per heavy atom. The molecule has 1 aliphatic carbocycles. The third-order valence-electron chi connectivity index (χ3n) is 2.96. The summed E-state index contributed by atoms with van der Waals surface area (Å²) in [6.45, 7) is -0.860. The monoisotopic (exact) mass is 276 g/mol. The maximum atomic E-state index is 13.9. The second kappa shape index (κ2) is 4.68. The van der Waals surface area contributed by atoms with Gasteiger partial charge in [0.05, 0.1) is 12.8 Å². The summed E-state index contributed by atoms with van der Waals surface area (Å²) < 4.78 is 27.4. The van der Waals surface area contributed by atoms with E-state index >= 15 is 0 Å².